The Bertz CT molecular complexity index is 387. The standard InChI is InChI=1S/C14H18BrNOS/c15-11-6-7-12(16-9-11)8-13(17)10-18-14-4-2-1-3-5-14/h6-7,9,14H,1-5,8,10H2. The number of rotatable bonds is 5. The molecule has 98 valence electrons. The molecular formula is C14H18BrNOS. The number of pyridine rings is 1. The molecule has 1 aromatic rings. The fraction of sp³-hybridized carbons (Fsp3) is 0.571. The minimum absolute atomic E-state index is 0.292. The Morgan fingerprint density at radius 2 is 2.11 bits per heavy atom. The second kappa shape index (κ2) is 7.29. The summed E-state index contributed by atoms with van der Waals surface area (Å²) in [5, 5.41) is 0.709. The molecule has 1 fully saturated rings. The van der Waals surface area contributed by atoms with Gasteiger partial charge in [0.05, 0.1) is 5.75 Å². The highest BCUT2D eigenvalue weighted by Crippen LogP contribution is 2.28. The van der Waals surface area contributed by atoms with Crippen molar-refractivity contribution in [3.63, 3.8) is 0 Å². The van der Waals surface area contributed by atoms with Crippen LogP contribution in [-0.4, -0.2) is 21.8 Å². The molecule has 0 radical (unpaired) electrons. The lowest BCUT2D eigenvalue weighted by Crippen LogP contribution is -2.13. The molecule has 1 heterocycles. The Morgan fingerprint density at radius 1 is 1.33 bits per heavy atom. The summed E-state index contributed by atoms with van der Waals surface area (Å²) in [7, 11) is 0. The third-order valence-corrected chi connectivity index (χ3v) is 5.10. The normalized spacial score (nSPS) is 16.7. The van der Waals surface area contributed by atoms with E-state index in [1.54, 1.807) is 6.20 Å². The first-order valence-corrected chi connectivity index (χ1v) is 8.32. The molecule has 0 aliphatic heterocycles. The van der Waals surface area contributed by atoms with Crippen LogP contribution >= 0.6 is 27.7 Å². The van der Waals surface area contributed by atoms with Gasteiger partial charge in [0.1, 0.15) is 5.78 Å². The molecule has 4 heteroatoms. The summed E-state index contributed by atoms with van der Waals surface area (Å²) >= 11 is 5.18. The van der Waals surface area contributed by atoms with Gasteiger partial charge in [0, 0.05) is 28.0 Å². The van der Waals surface area contributed by atoms with Gasteiger partial charge in [-0.1, -0.05) is 19.3 Å². The average molecular weight is 328 g/mol. The summed E-state index contributed by atoms with van der Waals surface area (Å²) in [5.74, 6) is 0.933. The molecule has 1 saturated carbocycles. The smallest absolute Gasteiger partial charge is 0.148 e. The Labute approximate surface area is 121 Å². The number of hydrogen-bond donors (Lipinski definition) is 0. The number of carbonyl (C=O) groups excluding carboxylic acids is 1. The molecule has 0 saturated heterocycles. The van der Waals surface area contributed by atoms with Gasteiger partial charge >= 0.3 is 0 Å². The number of thioether (sulfide) groups is 1. The van der Waals surface area contributed by atoms with E-state index in [1.165, 1.54) is 32.1 Å². The fourth-order valence-corrected chi connectivity index (χ4v) is 3.63. The van der Waals surface area contributed by atoms with E-state index < -0.39 is 0 Å². The predicted octanol–water partition coefficient (Wildman–Crippen LogP) is 4.02. The van der Waals surface area contributed by atoms with Gasteiger partial charge in [-0.25, -0.2) is 0 Å². The quantitative estimate of drug-likeness (QED) is 0.818. The zero-order chi connectivity index (χ0) is 12.8. The molecule has 0 bridgehead atoms. The lowest BCUT2D eigenvalue weighted by molar-refractivity contribution is -0.116. The van der Waals surface area contributed by atoms with Crippen LogP contribution in [0.3, 0.4) is 0 Å². The van der Waals surface area contributed by atoms with Gasteiger partial charge in [-0.15, -0.1) is 0 Å². The SMILES string of the molecule is O=C(CSC1CCCCC1)Cc1ccc(Br)cn1. The van der Waals surface area contributed by atoms with Gasteiger partial charge in [-0.05, 0) is 40.9 Å². The van der Waals surface area contributed by atoms with E-state index in [2.05, 4.69) is 20.9 Å². The van der Waals surface area contributed by atoms with Gasteiger partial charge in [0.15, 0.2) is 0 Å². The van der Waals surface area contributed by atoms with Crippen LogP contribution in [0.4, 0.5) is 0 Å². The maximum Gasteiger partial charge on any atom is 0.148 e. The first kappa shape index (κ1) is 14.1. The molecule has 0 unspecified atom stereocenters. The molecule has 0 amide bonds. The van der Waals surface area contributed by atoms with E-state index in [9.17, 15) is 4.79 Å². The van der Waals surface area contributed by atoms with Crippen molar-refractivity contribution in [2.24, 2.45) is 0 Å². The zero-order valence-electron chi connectivity index (χ0n) is 10.4. The summed E-state index contributed by atoms with van der Waals surface area (Å²) in [6.45, 7) is 0. The van der Waals surface area contributed by atoms with E-state index >= 15 is 0 Å². The highest BCUT2D eigenvalue weighted by molar-refractivity contribution is 9.10. The Kier molecular flexibility index (Phi) is 5.70. The number of hydrogen-bond acceptors (Lipinski definition) is 3. The molecule has 18 heavy (non-hydrogen) atoms. The van der Waals surface area contributed by atoms with Crippen molar-refractivity contribution < 1.29 is 4.79 Å². The van der Waals surface area contributed by atoms with Gasteiger partial charge in [0.25, 0.3) is 0 Å². The van der Waals surface area contributed by atoms with Crippen molar-refractivity contribution in [1.29, 1.82) is 0 Å². The van der Waals surface area contributed by atoms with Gasteiger partial charge in [0.2, 0.25) is 0 Å². The van der Waals surface area contributed by atoms with E-state index in [0.29, 0.717) is 23.2 Å². The summed E-state index contributed by atoms with van der Waals surface area (Å²) in [4.78, 5) is 16.1. The van der Waals surface area contributed by atoms with Crippen LogP contribution < -0.4 is 0 Å². The summed E-state index contributed by atoms with van der Waals surface area (Å²) in [6, 6.07) is 3.84. The van der Waals surface area contributed by atoms with Crippen molar-refractivity contribution in [1.82, 2.24) is 4.98 Å². The Morgan fingerprint density at radius 3 is 2.78 bits per heavy atom. The largest absolute Gasteiger partial charge is 0.298 e. The summed E-state index contributed by atoms with van der Waals surface area (Å²) in [5.41, 5.74) is 0.868. The van der Waals surface area contributed by atoms with Gasteiger partial charge in [-0.3, -0.25) is 9.78 Å². The topological polar surface area (TPSA) is 30.0 Å². The first-order chi connectivity index (χ1) is 8.74. The molecule has 0 spiro atoms. The average Bonchev–Trinajstić information content (AvgIpc) is 2.40. The highest BCUT2D eigenvalue weighted by Gasteiger charge is 2.15. The van der Waals surface area contributed by atoms with Crippen molar-refractivity contribution in [3.8, 4) is 0 Å². The lowest BCUT2D eigenvalue weighted by atomic mass is 10.0. The molecular weight excluding hydrogens is 310 g/mol. The van der Waals surface area contributed by atoms with Crippen LogP contribution in [0.25, 0.3) is 0 Å². The van der Waals surface area contributed by atoms with Crippen LogP contribution in [0.1, 0.15) is 37.8 Å². The molecule has 1 aliphatic carbocycles. The van der Waals surface area contributed by atoms with Gasteiger partial charge in [-0.2, -0.15) is 11.8 Å². The van der Waals surface area contributed by atoms with Crippen LogP contribution in [0.2, 0.25) is 0 Å². The number of nitrogens with zero attached hydrogens (tertiary/aromatic N) is 1. The number of carbonyl (C=O) groups is 1. The second-order valence-electron chi connectivity index (χ2n) is 4.75. The third kappa shape index (κ3) is 4.73. The number of aromatic nitrogens is 1. The number of ketones is 1. The molecule has 0 N–H and O–H groups in total. The van der Waals surface area contributed by atoms with Crippen LogP contribution in [0.5, 0.6) is 0 Å². The van der Waals surface area contributed by atoms with Crippen LogP contribution in [0, 0.1) is 0 Å². The predicted molar refractivity (Wildman–Crippen MR) is 80.0 cm³/mol. The van der Waals surface area contributed by atoms with Crippen molar-refractivity contribution in [2.45, 2.75) is 43.8 Å². The van der Waals surface area contributed by atoms with Crippen LogP contribution in [0.15, 0.2) is 22.8 Å². The maximum atomic E-state index is 11.9. The highest BCUT2D eigenvalue weighted by atomic mass is 79.9. The van der Waals surface area contributed by atoms with E-state index in [4.69, 9.17) is 0 Å². The van der Waals surface area contributed by atoms with E-state index in [1.807, 2.05) is 23.9 Å². The monoisotopic (exact) mass is 327 g/mol. The van der Waals surface area contributed by atoms with Crippen molar-refractivity contribution >= 4 is 33.5 Å². The minimum Gasteiger partial charge on any atom is -0.298 e. The van der Waals surface area contributed by atoms with E-state index in [0.717, 1.165) is 10.2 Å². The zero-order valence-corrected chi connectivity index (χ0v) is 12.8. The molecule has 1 aromatic heterocycles. The van der Waals surface area contributed by atoms with Crippen LogP contribution in [-0.2, 0) is 11.2 Å². The second-order valence-corrected chi connectivity index (χ2v) is 6.96. The molecule has 0 atom stereocenters. The van der Waals surface area contributed by atoms with Gasteiger partial charge < -0.3 is 0 Å². The molecule has 0 aromatic carbocycles. The summed E-state index contributed by atoms with van der Waals surface area (Å²) < 4.78 is 0.954. The molecule has 2 nitrogen and oxygen atoms in total. The van der Waals surface area contributed by atoms with Crippen molar-refractivity contribution in [3.05, 3.63) is 28.5 Å². The Balaban J connectivity index is 1.73. The lowest BCUT2D eigenvalue weighted by Gasteiger charge is -2.20. The van der Waals surface area contributed by atoms with E-state index in [-0.39, 0.29) is 0 Å². The molecule has 1 aliphatic rings. The number of halogens is 1. The third-order valence-electron chi connectivity index (χ3n) is 3.20. The maximum absolute atomic E-state index is 11.9. The Hall–Kier alpha value is -0.350. The number of Topliss-reactive ketones (excluding diaryl/α,β-unsaturated/α-hetero) is 1. The fourth-order valence-electron chi connectivity index (χ4n) is 2.21. The first-order valence-electron chi connectivity index (χ1n) is 6.48. The minimum atomic E-state index is 0.292. The molecule has 2 rings (SSSR count). The van der Waals surface area contributed by atoms with Crippen molar-refractivity contribution in [2.75, 3.05) is 5.75 Å². The summed E-state index contributed by atoms with van der Waals surface area (Å²) in [6.07, 6.45) is 8.82.